The van der Waals surface area contributed by atoms with Crippen molar-refractivity contribution in [3.63, 3.8) is 0 Å². The number of benzene rings is 3. The van der Waals surface area contributed by atoms with E-state index in [9.17, 15) is 14.4 Å². The van der Waals surface area contributed by atoms with E-state index in [1.165, 1.54) is 11.6 Å². The van der Waals surface area contributed by atoms with E-state index in [4.69, 9.17) is 14.2 Å². The zero-order chi connectivity index (χ0) is 28.6. The SMILES string of the molecule is CCOc1cc(C=C2C(=O)NC(=O)N(c3ccc(C)cc3)C2=O)ccc1OCCOc1ccc(C(C)CC)cc1. The normalized spacial score (nSPS) is 15.2. The number of hydrogen-bond donors (Lipinski definition) is 1. The van der Waals surface area contributed by atoms with Crippen LogP contribution < -0.4 is 24.4 Å². The lowest BCUT2D eigenvalue weighted by atomic mass is 9.99. The minimum absolute atomic E-state index is 0.163. The molecule has 1 aliphatic rings. The summed E-state index contributed by atoms with van der Waals surface area (Å²) >= 11 is 0. The van der Waals surface area contributed by atoms with Crippen LogP contribution in [0.2, 0.25) is 0 Å². The average Bonchev–Trinajstić information content (AvgIpc) is 2.95. The molecular weight excluding hydrogens is 508 g/mol. The fourth-order valence-corrected chi connectivity index (χ4v) is 4.19. The van der Waals surface area contributed by atoms with Crippen molar-refractivity contribution in [2.24, 2.45) is 0 Å². The summed E-state index contributed by atoms with van der Waals surface area (Å²) in [6, 6.07) is 19.3. The van der Waals surface area contributed by atoms with Gasteiger partial charge in [-0.1, -0.05) is 49.7 Å². The molecule has 8 heteroatoms. The zero-order valence-corrected chi connectivity index (χ0v) is 23.2. The molecule has 8 nitrogen and oxygen atoms in total. The maximum Gasteiger partial charge on any atom is 0.335 e. The van der Waals surface area contributed by atoms with Crippen LogP contribution >= 0.6 is 0 Å². The number of ether oxygens (including phenoxy) is 3. The van der Waals surface area contributed by atoms with Crippen LogP contribution in [0, 0.1) is 6.92 Å². The van der Waals surface area contributed by atoms with Crippen molar-refractivity contribution in [2.75, 3.05) is 24.7 Å². The van der Waals surface area contributed by atoms with Crippen LogP contribution in [0.4, 0.5) is 10.5 Å². The molecule has 1 unspecified atom stereocenters. The molecule has 3 aromatic rings. The average molecular weight is 543 g/mol. The van der Waals surface area contributed by atoms with Crippen LogP contribution in [-0.2, 0) is 9.59 Å². The first-order valence-electron chi connectivity index (χ1n) is 13.4. The van der Waals surface area contributed by atoms with E-state index in [2.05, 4.69) is 31.3 Å². The first kappa shape index (κ1) is 28.4. The largest absolute Gasteiger partial charge is 0.490 e. The summed E-state index contributed by atoms with van der Waals surface area (Å²) in [4.78, 5) is 39.1. The lowest BCUT2D eigenvalue weighted by molar-refractivity contribution is -0.122. The number of amides is 4. The molecule has 0 aromatic heterocycles. The molecule has 1 saturated heterocycles. The van der Waals surface area contributed by atoms with Crippen LogP contribution in [0.15, 0.2) is 72.3 Å². The number of carbonyl (C=O) groups excluding carboxylic acids is 3. The highest BCUT2D eigenvalue weighted by molar-refractivity contribution is 6.39. The molecule has 1 aliphatic heterocycles. The van der Waals surface area contributed by atoms with Gasteiger partial charge in [-0.2, -0.15) is 0 Å². The zero-order valence-electron chi connectivity index (χ0n) is 23.2. The second-order valence-corrected chi connectivity index (χ2v) is 9.51. The van der Waals surface area contributed by atoms with Crippen LogP contribution in [0.3, 0.4) is 0 Å². The molecule has 1 heterocycles. The quantitative estimate of drug-likeness (QED) is 0.181. The Morgan fingerprint density at radius 1 is 0.850 bits per heavy atom. The number of nitrogens with one attached hydrogen (secondary N) is 1. The molecule has 3 aromatic carbocycles. The van der Waals surface area contributed by atoms with Gasteiger partial charge >= 0.3 is 6.03 Å². The molecular formula is C32H34N2O6. The van der Waals surface area contributed by atoms with E-state index >= 15 is 0 Å². The first-order valence-corrected chi connectivity index (χ1v) is 13.4. The highest BCUT2D eigenvalue weighted by atomic mass is 16.5. The van der Waals surface area contributed by atoms with Crippen LogP contribution in [0.25, 0.3) is 6.08 Å². The van der Waals surface area contributed by atoms with Gasteiger partial charge in [-0.05, 0) is 79.8 Å². The maximum atomic E-state index is 13.2. The predicted molar refractivity (Wildman–Crippen MR) is 154 cm³/mol. The first-order chi connectivity index (χ1) is 19.3. The van der Waals surface area contributed by atoms with Gasteiger partial charge in [-0.25, -0.2) is 9.69 Å². The minimum Gasteiger partial charge on any atom is -0.490 e. The minimum atomic E-state index is -0.788. The van der Waals surface area contributed by atoms with E-state index in [0.717, 1.165) is 22.6 Å². The Labute approximate surface area is 234 Å². The van der Waals surface area contributed by atoms with E-state index < -0.39 is 17.8 Å². The molecule has 0 spiro atoms. The van der Waals surface area contributed by atoms with E-state index in [1.54, 1.807) is 42.5 Å². The summed E-state index contributed by atoms with van der Waals surface area (Å²) in [6.45, 7) is 9.15. The van der Waals surface area contributed by atoms with Gasteiger partial charge in [0.2, 0.25) is 0 Å². The number of hydrogen-bond acceptors (Lipinski definition) is 6. The summed E-state index contributed by atoms with van der Waals surface area (Å²) in [5.41, 5.74) is 3.02. The van der Waals surface area contributed by atoms with E-state index in [1.807, 2.05) is 26.0 Å². The second-order valence-electron chi connectivity index (χ2n) is 9.51. The van der Waals surface area contributed by atoms with Crippen LogP contribution in [0.1, 0.15) is 49.8 Å². The van der Waals surface area contributed by atoms with Crippen LogP contribution in [-0.4, -0.2) is 37.7 Å². The third-order valence-corrected chi connectivity index (χ3v) is 6.64. The number of rotatable bonds is 11. The fourth-order valence-electron chi connectivity index (χ4n) is 4.19. The Morgan fingerprint density at radius 3 is 2.23 bits per heavy atom. The Hall–Kier alpha value is -4.59. The molecule has 1 N–H and O–H groups in total. The highest BCUT2D eigenvalue weighted by Gasteiger charge is 2.36. The lowest BCUT2D eigenvalue weighted by Crippen LogP contribution is -2.54. The molecule has 40 heavy (non-hydrogen) atoms. The van der Waals surface area contributed by atoms with Gasteiger partial charge in [0.15, 0.2) is 11.5 Å². The van der Waals surface area contributed by atoms with Gasteiger partial charge in [0.05, 0.1) is 12.3 Å². The third-order valence-electron chi connectivity index (χ3n) is 6.64. The molecule has 0 saturated carbocycles. The summed E-state index contributed by atoms with van der Waals surface area (Å²) in [7, 11) is 0. The van der Waals surface area contributed by atoms with Crippen molar-refractivity contribution < 1.29 is 28.6 Å². The van der Waals surface area contributed by atoms with Gasteiger partial charge in [0.1, 0.15) is 24.5 Å². The van der Waals surface area contributed by atoms with Gasteiger partial charge < -0.3 is 14.2 Å². The molecule has 0 bridgehead atoms. The van der Waals surface area contributed by atoms with Crippen molar-refractivity contribution >= 4 is 29.6 Å². The maximum absolute atomic E-state index is 13.2. The summed E-state index contributed by atoms with van der Waals surface area (Å²) in [5.74, 6) is 0.793. The smallest absolute Gasteiger partial charge is 0.335 e. The van der Waals surface area contributed by atoms with Gasteiger partial charge in [0.25, 0.3) is 11.8 Å². The summed E-state index contributed by atoms with van der Waals surface area (Å²) < 4.78 is 17.5. The second kappa shape index (κ2) is 13.0. The highest BCUT2D eigenvalue weighted by Crippen LogP contribution is 2.30. The third kappa shape index (κ3) is 6.69. The topological polar surface area (TPSA) is 94.2 Å². The number of imide groups is 2. The number of anilines is 1. The monoisotopic (exact) mass is 542 g/mol. The Kier molecular flexibility index (Phi) is 9.22. The molecule has 1 atom stereocenters. The Morgan fingerprint density at radius 2 is 1.55 bits per heavy atom. The molecule has 1 fully saturated rings. The molecule has 0 radical (unpaired) electrons. The van der Waals surface area contributed by atoms with Gasteiger partial charge in [0, 0.05) is 0 Å². The number of nitrogens with zero attached hydrogens (tertiary/aromatic N) is 1. The predicted octanol–water partition coefficient (Wildman–Crippen LogP) is 6.03. The van der Waals surface area contributed by atoms with Crippen molar-refractivity contribution in [1.29, 1.82) is 0 Å². The number of carbonyl (C=O) groups is 3. The lowest BCUT2D eigenvalue weighted by Gasteiger charge is -2.26. The van der Waals surface area contributed by atoms with E-state index in [-0.39, 0.29) is 5.57 Å². The van der Waals surface area contributed by atoms with Gasteiger partial charge in [-0.3, -0.25) is 14.9 Å². The molecule has 4 amide bonds. The standard InChI is InChI=1S/C32H34N2O6/c1-5-22(4)24-10-14-26(15-11-24)39-17-18-40-28-16-9-23(20-29(28)38-6-2)19-27-30(35)33-32(37)34(31(27)36)25-12-7-21(3)8-13-25/h7-16,19-20,22H,5-6,17-18H2,1-4H3,(H,33,35,37). The summed E-state index contributed by atoms with van der Waals surface area (Å²) in [5, 5.41) is 2.24. The van der Waals surface area contributed by atoms with Crippen molar-refractivity contribution in [2.45, 2.75) is 40.0 Å². The Bertz CT molecular complexity index is 1400. The van der Waals surface area contributed by atoms with Gasteiger partial charge in [-0.15, -0.1) is 0 Å². The molecule has 0 aliphatic carbocycles. The molecule has 4 rings (SSSR count). The fraction of sp³-hybridized carbons (Fsp3) is 0.281. The summed E-state index contributed by atoms with van der Waals surface area (Å²) in [6.07, 6.45) is 2.52. The van der Waals surface area contributed by atoms with Crippen molar-refractivity contribution in [3.05, 3.63) is 89.0 Å². The number of aryl methyl sites for hydroxylation is 1. The van der Waals surface area contributed by atoms with Crippen LogP contribution in [0.5, 0.6) is 17.2 Å². The molecule has 208 valence electrons. The van der Waals surface area contributed by atoms with Crippen molar-refractivity contribution in [3.8, 4) is 17.2 Å². The van der Waals surface area contributed by atoms with E-state index in [0.29, 0.717) is 48.5 Å². The number of barbiturate groups is 1. The van der Waals surface area contributed by atoms with Crippen molar-refractivity contribution in [1.82, 2.24) is 5.32 Å². The number of urea groups is 1. The Balaban J connectivity index is 1.45.